The predicted octanol–water partition coefficient (Wildman–Crippen LogP) is 1.39. The summed E-state index contributed by atoms with van der Waals surface area (Å²) in [5.41, 5.74) is 6.35. The van der Waals surface area contributed by atoms with Crippen LogP contribution in [-0.4, -0.2) is 32.3 Å². The number of hydrogen-bond acceptors (Lipinski definition) is 4. The first-order valence-corrected chi connectivity index (χ1v) is 6.48. The Morgan fingerprint density at radius 2 is 2.21 bits per heavy atom. The van der Waals surface area contributed by atoms with Gasteiger partial charge in [-0.25, -0.2) is 0 Å². The molecule has 5 heteroatoms. The van der Waals surface area contributed by atoms with Crippen LogP contribution in [0.25, 0.3) is 0 Å². The van der Waals surface area contributed by atoms with Crippen LogP contribution in [0, 0.1) is 5.92 Å². The Hall–Kier alpha value is -1.75. The van der Waals surface area contributed by atoms with Crippen molar-refractivity contribution in [2.24, 2.45) is 11.7 Å². The largest absolute Gasteiger partial charge is 0.497 e. The molecule has 1 aliphatic rings. The number of ether oxygens (including phenoxy) is 2. The van der Waals surface area contributed by atoms with E-state index in [2.05, 4.69) is 5.32 Å². The summed E-state index contributed by atoms with van der Waals surface area (Å²) in [5, 5.41) is 3.19. The Morgan fingerprint density at radius 1 is 1.47 bits per heavy atom. The molecule has 1 aromatic rings. The average molecular weight is 264 g/mol. The van der Waals surface area contributed by atoms with Crippen LogP contribution in [0.15, 0.2) is 24.3 Å². The molecule has 1 amide bonds. The molecule has 3 N–H and O–H groups in total. The molecule has 1 heterocycles. The highest BCUT2D eigenvalue weighted by molar-refractivity contribution is 5.83. The monoisotopic (exact) mass is 264 g/mol. The zero-order valence-electron chi connectivity index (χ0n) is 11.1. The molecule has 1 saturated heterocycles. The maximum atomic E-state index is 11.6. The van der Waals surface area contributed by atoms with E-state index in [-0.39, 0.29) is 11.8 Å². The van der Waals surface area contributed by atoms with E-state index < -0.39 is 6.04 Å². The van der Waals surface area contributed by atoms with Gasteiger partial charge in [-0.2, -0.15) is 0 Å². The second kappa shape index (κ2) is 6.43. The highest BCUT2D eigenvalue weighted by Crippen LogP contribution is 2.22. The van der Waals surface area contributed by atoms with Crippen LogP contribution in [0.3, 0.4) is 0 Å². The van der Waals surface area contributed by atoms with Gasteiger partial charge in [-0.05, 0) is 37.1 Å². The molecule has 5 nitrogen and oxygen atoms in total. The number of primary amides is 1. The predicted molar refractivity (Wildman–Crippen MR) is 73.1 cm³/mol. The van der Waals surface area contributed by atoms with E-state index in [1.54, 1.807) is 7.11 Å². The van der Waals surface area contributed by atoms with Crippen molar-refractivity contribution >= 4 is 11.6 Å². The minimum Gasteiger partial charge on any atom is -0.497 e. The molecule has 2 rings (SSSR count). The highest BCUT2D eigenvalue weighted by Gasteiger charge is 2.28. The van der Waals surface area contributed by atoms with Crippen LogP contribution in [0.5, 0.6) is 5.75 Å². The summed E-state index contributed by atoms with van der Waals surface area (Å²) in [6.45, 7) is 1.35. The van der Waals surface area contributed by atoms with E-state index in [1.807, 2.05) is 24.3 Å². The zero-order valence-corrected chi connectivity index (χ0v) is 11.1. The van der Waals surface area contributed by atoms with E-state index >= 15 is 0 Å². The van der Waals surface area contributed by atoms with E-state index in [4.69, 9.17) is 15.2 Å². The number of nitrogens with two attached hydrogens (primary N) is 1. The summed E-state index contributed by atoms with van der Waals surface area (Å²) >= 11 is 0. The summed E-state index contributed by atoms with van der Waals surface area (Å²) in [4.78, 5) is 11.6. The van der Waals surface area contributed by atoms with Gasteiger partial charge in [0.1, 0.15) is 11.8 Å². The zero-order chi connectivity index (χ0) is 13.7. The van der Waals surface area contributed by atoms with Gasteiger partial charge in [-0.3, -0.25) is 4.79 Å². The summed E-state index contributed by atoms with van der Waals surface area (Å²) in [7, 11) is 1.62. The molecule has 0 aliphatic carbocycles. The third-order valence-electron chi connectivity index (χ3n) is 3.39. The molecule has 0 radical (unpaired) electrons. The van der Waals surface area contributed by atoms with Crippen LogP contribution in [0.2, 0.25) is 0 Å². The number of rotatable bonds is 5. The molecule has 0 spiro atoms. The number of nitrogens with one attached hydrogen (secondary N) is 1. The fourth-order valence-electron chi connectivity index (χ4n) is 2.32. The lowest BCUT2D eigenvalue weighted by Gasteiger charge is -2.29. The number of hydrogen-bond donors (Lipinski definition) is 2. The van der Waals surface area contributed by atoms with Gasteiger partial charge in [-0.15, -0.1) is 0 Å². The van der Waals surface area contributed by atoms with Crippen molar-refractivity contribution < 1.29 is 14.3 Å². The smallest absolute Gasteiger partial charge is 0.240 e. The van der Waals surface area contributed by atoms with Gasteiger partial charge in [0.2, 0.25) is 5.91 Å². The number of methoxy groups -OCH3 is 1. The van der Waals surface area contributed by atoms with Crippen molar-refractivity contribution in [1.82, 2.24) is 0 Å². The average Bonchev–Trinajstić information content (AvgIpc) is 2.46. The van der Waals surface area contributed by atoms with Crippen molar-refractivity contribution in [3.05, 3.63) is 24.3 Å². The fourth-order valence-corrected chi connectivity index (χ4v) is 2.32. The molecule has 1 fully saturated rings. The first-order valence-electron chi connectivity index (χ1n) is 6.48. The maximum absolute atomic E-state index is 11.6. The second-order valence-corrected chi connectivity index (χ2v) is 4.73. The maximum Gasteiger partial charge on any atom is 0.240 e. The summed E-state index contributed by atoms with van der Waals surface area (Å²) in [5.74, 6) is 0.571. The van der Waals surface area contributed by atoms with Crippen LogP contribution in [-0.2, 0) is 9.53 Å². The number of amides is 1. The Labute approximate surface area is 113 Å². The molecule has 2 atom stereocenters. The molecule has 0 saturated carbocycles. The normalized spacial score (nSPS) is 20.6. The Kier molecular flexibility index (Phi) is 4.63. The standard InChI is InChI=1S/C14H20N2O3/c1-18-12-6-4-11(5-7-12)16-13(14(15)17)10-3-2-8-19-9-10/h4-7,10,13,16H,2-3,8-9H2,1H3,(H2,15,17). The Balaban J connectivity index is 2.04. The fraction of sp³-hybridized carbons (Fsp3) is 0.500. The van der Waals surface area contributed by atoms with Gasteiger partial charge < -0.3 is 20.5 Å². The number of anilines is 1. The van der Waals surface area contributed by atoms with Crippen molar-refractivity contribution in [2.45, 2.75) is 18.9 Å². The molecule has 1 aromatic carbocycles. The van der Waals surface area contributed by atoms with Crippen molar-refractivity contribution in [1.29, 1.82) is 0 Å². The summed E-state index contributed by atoms with van der Waals surface area (Å²) < 4.78 is 10.5. The van der Waals surface area contributed by atoms with Crippen LogP contribution in [0.1, 0.15) is 12.8 Å². The van der Waals surface area contributed by atoms with Gasteiger partial charge in [-0.1, -0.05) is 0 Å². The van der Waals surface area contributed by atoms with Crippen molar-refractivity contribution in [3.63, 3.8) is 0 Å². The van der Waals surface area contributed by atoms with Gasteiger partial charge in [0, 0.05) is 18.2 Å². The lowest BCUT2D eigenvalue weighted by molar-refractivity contribution is -0.121. The molecule has 0 bridgehead atoms. The molecular weight excluding hydrogens is 244 g/mol. The highest BCUT2D eigenvalue weighted by atomic mass is 16.5. The molecule has 0 aromatic heterocycles. The first kappa shape index (κ1) is 13.7. The lowest BCUT2D eigenvalue weighted by Crippen LogP contribution is -2.44. The molecule has 1 aliphatic heterocycles. The van der Waals surface area contributed by atoms with Crippen molar-refractivity contribution in [2.75, 3.05) is 25.6 Å². The Morgan fingerprint density at radius 3 is 2.74 bits per heavy atom. The molecule has 104 valence electrons. The van der Waals surface area contributed by atoms with E-state index in [9.17, 15) is 4.79 Å². The van der Waals surface area contributed by atoms with Gasteiger partial charge >= 0.3 is 0 Å². The summed E-state index contributed by atoms with van der Waals surface area (Å²) in [6, 6.07) is 7.04. The minimum atomic E-state index is -0.395. The minimum absolute atomic E-state index is 0.133. The third kappa shape index (κ3) is 3.61. The van der Waals surface area contributed by atoms with E-state index in [0.717, 1.165) is 30.9 Å². The molecule has 2 unspecified atom stereocenters. The van der Waals surface area contributed by atoms with Crippen LogP contribution in [0.4, 0.5) is 5.69 Å². The van der Waals surface area contributed by atoms with E-state index in [1.165, 1.54) is 0 Å². The van der Waals surface area contributed by atoms with E-state index in [0.29, 0.717) is 6.61 Å². The number of carbonyl (C=O) groups excluding carboxylic acids is 1. The van der Waals surface area contributed by atoms with Gasteiger partial charge in [0.05, 0.1) is 13.7 Å². The third-order valence-corrected chi connectivity index (χ3v) is 3.39. The second-order valence-electron chi connectivity index (χ2n) is 4.73. The topological polar surface area (TPSA) is 73.6 Å². The van der Waals surface area contributed by atoms with Gasteiger partial charge in [0.15, 0.2) is 0 Å². The number of carbonyl (C=O) groups is 1. The first-order chi connectivity index (χ1) is 9.20. The molecular formula is C14H20N2O3. The van der Waals surface area contributed by atoms with Crippen molar-refractivity contribution in [3.8, 4) is 5.75 Å². The van der Waals surface area contributed by atoms with Crippen LogP contribution >= 0.6 is 0 Å². The van der Waals surface area contributed by atoms with Crippen LogP contribution < -0.4 is 15.8 Å². The lowest BCUT2D eigenvalue weighted by atomic mass is 9.93. The number of benzene rings is 1. The SMILES string of the molecule is COc1ccc(NC(C(N)=O)C2CCCOC2)cc1. The summed E-state index contributed by atoms with van der Waals surface area (Å²) in [6.07, 6.45) is 1.93. The van der Waals surface area contributed by atoms with Gasteiger partial charge in [0.25, 0.3) is 0 Å². The quantitative estimate of drug-likeness (QED) is 0.842. The Bertz CT molecular complexity index is 413. The molecule has 19 heavy (non-hydrogen) atoms.